The van der Waals surface area contributed by atoms with Gasteiger partial charge in [-0.25, -0.2) is 0 Å². The minimum absolute atomic E-state index is 0.420. The molecular weight excluding hydrogens is 238 g/mol. The summed E-state index contributed by atoms with van der Waals surface area (Å²) in [7, 11) is 0. The summed E-state index contributed by atoms with van der Waals surface area (Å²) >= 11 is 0. The Labute approximate surface area is 115 Å². The highest BCUT2D eigenvalue weighted by molar-refractivity contribution is 6.42. The number of nitrogens with one attached hydrogen (secondary N) is 1. The van der Waals surface area contributed by atoms with Crippen LogP contribution in [0.5, 0.6) is 0 Å². The van der Waals surface area contributed by atoms with E-state index in [1.165, 1.54) is 0 Å². The molecule has 0 fully saturated rings. The predicted molar refractivity (Wildman–Crippen MR) is 77.3 cm³/mol. The lowest BCUT2D eigenvalue weighted by molar-refractivity contribution is -0.117. The van der Waals surface area contributed by atoms with Gasteiger partial charge in [-0.2, -0.15) is 0 Å². The number of rotatable bonds is 6. The number of carbonyl (C=O) groups excluding carboxylic acids is 2. The van der Waals surface area contributed by atoms with Crippen molar-refractivity contribution in [3.05, 3.63) is 35.4 Å². The molecule has 0 saturated heterocycles. The number of benzene rings is 1. The molecule has 0 aliphatic rings. The summed E-state index contributed by atoms with van der Waals surface area (Å²) in [5.74, 6) is -0.0400. The van der Waals surface area contributed by atoms with Crippen molar-refractivity contribution < 1.29 is 9.59 Å². The van der Waals surface area contributed by atoms with E-state index in [0.717, 1.165) is 12.0 Å². The van der Waals surface area contributed by atoms with Gasteiger partial charge in [-0.1, -0.05) is 52.0 Å². The van der Waals surface area contributed by atoms with Gasteiger partial charge in [0, 0.05) is 12.1 Å². The van der Waals surface area contributed by atoms with Crippen LogP contribution in [0.1, 0.15) is 56.0 Å². The van der Waals surface area contributed by atoms with Gasteiger partial charge in [-0.15, -0.1) is 0 Å². The average molecular weight is 261 g/mol. The third-order valence-corrected chi connectivity index (χ3v) is 3.05. The van der Waals surface area contributed by atoms with Crippen LogP contribution in [0.3, 0.4) is 0 Å². The summed E-state index contributed by atoms with van der Waals surface area (Å²) in [5.41, 5.74) is 1.61. The maximum absolute atomic E-state index is 11.9. The second-order valence-electron chi connectivity index (χ2n) is 5.54. The molecule has 0 aliphatic carbocycles. The van der Waals surface area contributed by atoms with Gasteiger partial charge in [0.25, 0.3) is 5.91 Å². The Morgan fingerprint density at radius 2 is 1.63 bits per heavy atom. The Kier molecular flexibility index (Phi) is 5.74. The van der Waals surface area contributed by atoms with Crippen LogP contribution in [0.25, 0.3) is 0 Å². The maximum Gasteiger partial charge on any atom is 0.292 e. The second-order valence-corrected chi connectivity index (χ2v) is 5.54. The van der Waals surface area contributed by atoms with Crippen LogP contribution in [-0.4, -0.2) is 18.2 Å². The van der Waals surface area contributed by atoms with E-state index in [1.807, 2.05) is 12.1 Å². The van der Waals surface area contributed by atoms with Crippen LogP contribution in [-0.2, 0) is 4.79 Å². The van der Waals surface area contributed by atoms with Crippen LogP contribution < -0.4 is 5.32 Å². The van der Waals surface area contributed by atoms with E-state index >= 15 is 0 Å². The van der Waals surface area contributed by atoms with Crippen LogP contribution in [0.15, 0.2) is 24.3 Å². The normalized spacial score (nSPS) is 10.8. The van der Waals surface area contributed by atoms with Crippen molar-refractivity contribution in [3.8, 4) is 0 Å². The molecule has 19 heavy (non-hydrogen) atoms. The maximum atomic E-state index is 11.9. The minimum Gasteiger partial charge on any atom is -0.349 e. The fraction of sp³-hybridized carbons (Fsp3) is 0.500. The molecule has 3 heteroatoms. The zero-order chi connectivity index (χ0) is 14.4. The van der Waals surface area contributed by atoms with Crippen molar-refractivity contribution >= 4 is 11.7 Å². The van der Waals surface area contributed by atoms with E-state index in [4.69, 9.17) is 0 Å². The summed E-state index contributed by atoms with van der Waals surface area (Å²) in [6.07, 6.45) is 0.880. The quantitative estimate of drug-likeness (QED) is 0.631. The van der Waals surface area contributed by atoms with Crippen molar-refractivity contribution in [2.45, 2.75) is 40.0 Å². The third-order valence-electron chi connectivity index (χ3n) is 3.05. The zero-order valence-corrected chi connectivity index (χ0v) is 12.2. The smallest absolute Gasteiger partial charge is 0.292 e. The molecule has 0 atom stereocenters. The first-order valence-corrected chi connectivity index (χ1v) is 6.84. The van der Waals surface area contributed by atoms with Gasteiger partial charge < -0.3 is 5.32 Å². The fourth-order valence-corrected chi connectivity index (χ4v) is 1.71. The molecule has 0 saturated carbocycles. The molecule has 0 aromatic heterocycles. The molecule has 0 spiro atoms. The number of Topliss-reactive ketones (excluding diaryl/α,β-unsaturated/α-hetero) is 1. The van der Waals surface area contributed by atoms with E-state index in [-0.39, 0.29) is 0 Å². The molecule has 3 nitrogen and oxygen atoms in total. The van der Waals surface area contributed by atoms with E-state index in [2.05, 4.69) is 33.0 Å². The standard InChI is InChI=1S/C16H23NO2/c1-11(2)9-10-17-16(19)15(18)14-7-5-13(6-8-14)12(3)4/h5-8,11-12H,9-10H2,1-4H3,(H,17,19). The Morgan fingerprint density at radius 1 is 1.05 bits per heavy atom. The Bertz CT molecular complexity index is 433. The van der Waals surface area contributed by atoms with Crippen molar-refractivity contribution in [2.75, 3.05) is 6.54 Å². The highest BCUT2D eigenvalue weighted by Gasteiger charge is 2.15. The Morgan fingerprint density at radius 3 is 2.11 bits per heavy atom. The van der Waals surface area contributed by atoms with Crippen LogP contribution in [0, 0.1) is 5.92 Å². The number of ketones is 1. The highest BCUT2D eigenvalue weighted by Crippen LogP contribution is 2.14. The number of hydrogen-bond donors (Lipinski definition) is 1. The summed E-state index contributed by atoms with van der Waals surface area (Å²) in [6, 6.07) is 7.25. The van der Waals surface area contributed by atoms with Crippen LogP contribution >= 0.6 is 0 Å². The Hall–Kier alpha value is -1.64. The molecule has 0 heterocycles. The molecular formula is C16H23NO2. The van der Waals surface area contributed by atoms with Gasteiger partial charge in [-0.3, -0.25) is 9.59 Å². The van der Waals surface area contributed by atoms with Crippen molar-refractivity contribution in [1.82, 2.24) is 5.32 Å². The number of carbonyl (C=O) groups is 2. The first kappa shape index (κ1) is 15.4. The summed E-state index contributed by atoms with van der Waals surface area (Å²) in [4.78, 5) is 23.6. The lowest BCUT2D eigenvalue weighted by Gasteiger charge is -2.08. The molecule has 1 aromatic carbocycles. The molecule has 0 radical (unpaired) electrons. The topological polar surface area (TPSA) is 46.2 Å². The van der Waals surface area contributed by atoms with E-state index in [9.17, 15) is 9.59 Å². The lowest BCUT2D eigenvalue weighted by Crippen LogP contribution is -2.32. The van der Waals surface area contributed by atoms with E-state index in [0.29, 0.717) is 23.9 Å². The molecule has 1 amide bonds. The number of hydrogen-bond acceptors (Lipinski definition) is 2. The van der Waals surface area contributed by atoms with Crippen molar-refractivity contribution in [2.24, 2.45) is 5.92 Å². The van der Waals surface area contributed by atoms with Gasteiger partial charge >= 0.3 is 0 Å². The number of amides is 1. The highest BCUT2D eigenvalue weighted by atomic mass is 16.2. The van der Waals surface area contributed by atoms with Gasteiger partial charge in [-0.05, 0) is 23.8 Å². The first-order chi connectivity index (χ1) is 8.91. The van der Waals surface area contributed by atoms with Crippen LogP contribution in [0.2, 0.25) is 0 Å². The summed E-state index contributed by atoms with van der Waals surface area (Å²) in [6.45, 7) is 8.90. The largest absolute Gasteiger partial charge is 0.349 e. The van der Waals surface area contributed by atoms with Gasteiger partial charge in [0.2, 0.25) is 5.78 Å². The van der Waals surface area contributed by atoms with Crippen LogP contribution in [0.4, 0.5) is 0 Å². The van der Waals surface area contributed by atoms with Gasteiger partial charge in [0.15, 0.2) is 0 Å². The third kappa shape index (κ3) is 4.86. The van der Waals surface area contributed by atoms with E-state index in [1.54, 1.807) is 12.1 Å². The fourth-order valence-electron chi connectivity index (χ4n) is 1.71. The summed E-state index contributed by atoms with van der Waals surface area (Å²) in [5, 5.41) is 2.66. The molecule has 104 valence electrons. The molecule has 0 unspecified atom stereocenters. The summed E-state index contributed by atoms with van der Waals surface area (Å²) < 4.78 is 0. The van der Waals surface area contributed by atoms with Crippen molar-refractivity contribution in [3.63, 3.8) is 0 Å². The van der Waals surface area contributed by atoms with E-state index < -0.39 is 11.7 Å². The molecule has 0 bridgehead atoms. The first-order valence-electron chi connectivity index (χ1n) is 6.84. The molecule has 1 rings (SSSR count). The molecule has 1 aromatic rings. The Balaban J connectivity index is 2.59. The van der Waals surface area contributed by atoms with Gasteiger partial charge in [0.1, 0.15) is 0 Å². The lowest BCUT2D eigenvalue weighted by atomic mass is 10.0. The van der Waals surface area contributed by atoms with Gasteiger partial charge in [0.05, 0.1) is 0 Å². The zero-order valence-electron chi connectivity index (χ0n) is 12.2. The molecule has 1 N–H and O–H groups in total. The second kappa shape index (κ2) is 7.07. The van der Waals surface area contributed by atoms with Crippen molar-refractivity contribution in [1.29, 1.82) is 0 Å². The monoisotopic (exact) mass is 261 g/mol. The minimum atomic E-state index is -0.516. The SMILES string of the molecule is CC(C)CCNC(=O)C(=O)c1ccc(C(C)C)cc1. The molecule has 0 aliphatic heterocycles. The average Bonchev–Trinajstić information content (AvgIpc) is 2.37. The predicted octanol–water partition coefficient (Wildman–Crippen LogP) is 3.16.